The monoisotopic (exact) mass is 636 g/mol. The summed E-state index contributed by atoms with van der Waals surface area (Å²) >= 11 is 0. The number of hydrogen-bond acceptors (Lipinski definition) is 6. The van der Waals surface area contributed by atoms with Crippen molar-refractivity contribution in [2.45, 2.75) is 57.0 Å². The van der Waals surface area contributed by atoms with E-state index in [4.69, 9.17) is 14.2 Å². The third-order valence-corrected chi connectivity index (χ3v) is 12.8. The van der Waals surface area contributed by atoms with E-state index in [0.717, 1.165) is 38.6 Å². The number of allylic oxidation sites excluding steroid dienone is 2. The fourth-order valence-corrected chi connectivity index (χ4v) is 11.3. The molecule has 0 aromatic rings. The number of carbonyl (C=O) groups is 3. The SMILES string of the molecule is C[N+]12CC[N+]3(CC(=O)O)CC[N+]4(CC(=O)O)CC[N+](CC(=O)CCCOCCOCCO[C@@H]5C[C@@H]6CC/C=C/CC[C@@H]65)(CC1)C234. The molecule has 0 bridgehead atoms. The van der Waals surface area contributed by atoms with Gasteiger partial charge in [-0.3, -0.25) is 4.79 Å². The Bertz CT molecular complexity index is 1140. The summed E-state index contributed by atoms with van der Waals surface area (Å²) in [6.45, 7) is 8.89. The van der Waals surface area contributed by atoms with E-state index in [1.807, 2.05) is 0 Å². The zero-order valence-corrected chi connectivity index (χ0v) is 27.3. The summed E-state index contributed by atoms with van der Waals surface area (Å²) < 4.78 is 19.6. The van der Waals surface area contributed by atoms with E-state index < -0.39 is 17.8 Å². The van der Waals surface area contributed by atoms with Gasteiger partial charge in [-0.2, -0.15) is 8.97 Å². The molecule has 6 aliphatic rings. The van der Waals surface area contributed by atoms with E-state index in [9.17, 15) is 24.6 Å². The quantitative estimate of drug-likeness (QED) is 0.139. The van der Waals surface area contributed by atoms with Gasteiger partial charge in [0.05, 0.1) is 39.6 Å². The van der Waals surface area contributed by atoms with Crippen LogP contribution in [0.15, 0.2) is 12.2 Å². The van der Waals surface area contributed by atoms with Crippen molar-refractivity contribution < 1.29 is 56.7 Å². The Morgan fingerprint density at radius 3 is 1.89 bits per heavy atom. The van der Waals surface area contributed by atoms with E-state index in [1.54, 1.807) is 0 Å². The lowest BCUT2D eigenvalue weighted by atomic mass is 9.66. The van der Waals surface area contributed by atoms with Crippen LogP contribution in [0.25, 0.3) is 0 Å². The predicted molar refractivity (Wildman–Crippen MR) is 163 cm³/mol. The molecule has 5 fully saturated rings. The number of ether oxygens (including phenoxy) is 3. The molecule has 12 heteroatoms. The molecule has 12 nitrogen and oxygen atoms in total. The first-order valence-electron chi connectivity index (χ1n) is 17.4. The fourth-order valence-electron chi connectivity index (χ4n) is 11.3. The summed E-state index contributed by atoms with van der Waals surface area (Å²) in [5.74, 6) is -0.629. The molecule has 1 saturated carbocycles. The second kappa shape index (κ2) is 12.9. The predicted octanol–water partition coefficient (Wildman–Crippen LogP) is 1.25. The van der Waals surface area contributed by atoms with Crippen LogP contribution in [0.1, 0.15) is 44.9 Å². The maximum Gasteiger partial charge on any atom is 0.482 e. The van der Waals surface area contributed by atoms with Gasteiger partial charge in [0.2, 0.25) is 0 Å². The second-order valence-corrected chi connectivity index (χ2v) is 15.0. The van der Waals surface area contributed by atoms with Crippen molar-refractivity contribution in [2.24, 2.45) is 11.8 Å². The lowest BCUT2D eigenvalue weighted by Gasteiger charge is -2.49. The first-order valence-corrected chi connectivity index (χ1v) is 17.4. The van der Waals surface area contributed by atoms with Gasteiger partial charge in [0.1, 0.15) is 52.4 Å². The molecule has 45 heavy (non-hydrogen) atoms. The zero-order chi connectivity index (χ0) is 31.8. The molecule has 2 N–H and O–H groups in total. The number of likely N-dealkylation sites (N-methyl/N-ethyl adjacent to an activating group) is 1. The van der Waals surface area contributed by atoms with E-state index in [-0.39, 0.29) is 18.9 Å². The molecule has 0 radical (unpaired) electrons. The van der Waals surface area contributed by atoms with Crippen LogP contribution in [-0.2, 0) is 28.6 Å². The number of ketones is 1. The summed E-state index contributed by atoms with van der Waals surface area (Å²) in [4.78, 5) is 38.0. The molecule has 2 aliphatic carbocycles. The minimum absolute atomic E-state index is 0.0108. The van der Waals surface area contributed by atoms with Crippen LogP contribution >= 0.6 is 0 Å². The highest BCUT2D eigenvalue weighted by Gasteiger charge is 2.98. The first kappa shape index (κ1) is 33.0. The van der Waals surface area contributed by atoms with Crippen LogP contribution in [0, 0.1) is 11.8 Å². The number of quaternary nitrogens is 4. The van der Waals surface area contributed by atoms with Crippen molar-refractivity contribution in [3.63, 3.8) is 0 Å². The van der Waals surface area contributed by atoms with Crippen molar-refractivity contribution in [2.75, 3.05) is 112 Å². The number of fused-ring (bicyclic) bond motifs is 1. The topological polar surface area (TPSA) is 119 Å². The maximum atomic E-state index is 13.6. The Morgan fingerprint density at radius 2 is 1.27 bits per heavy atom. The van der Waals surface area contributed by atoms with Gasteiger partial charge in [0, 0.05) is 13.0 Å². The van der Waals surface area contributed by atoms with Gasteiger partial charge in [-0.15, -0.1) is 8.97 Å². The molecule has 4 heterocycles. The van der Waals surface area contributed by atoms with Crippen molar-refractivity contribution in [3.05, 3.63) is 12.2 Å². The maximum absolute atomic E-state index is 13.6. The number of carboxylic acids is 2. The van der Waals surface area contributed by atoms with Crippen molar-refractivity contribution in [1.29, 1.82) is 0 Å². The summed E-state index contributed by atoms with van der Waals surface area (Å²) in [5.41, 5.74) is 0. The van der Waals surface area contributed by atoms with Crippen LogP contribution in [0.4, 0.5) is 0 Å². The van der Waals surface area contributed by atoms with Gasteiger partial charge in [0.25, 0.3) is 0 Å². The Balaban J connectivity index is 0.944. The molecule has 5 unspecified atom stereocenters. The highest BCUT2D eigenvalue weighted by atomic mass is 16.5. The molecule has 252 valence electrons. The molecule has 8 atom stereocenters. The van der Waals surface area contributed by atoms with Crippen LogP contribution in [0.2, 0.25) is 0 Å². The Labute approximate surface area is 267 Å². The number of carbonyl (C=O) groups excluding carboxylic acids is 1. The normalized spacial score (nSPS) is 41.8. The van der Waals surface area contributed by atoms with Crippen molar-refractivity contribution in [3.8, 4) is 0 Å². The summed E-state index contributed by atoms with van der Waals surface area (Å²) in [6, 6.07) is 0. The van der Waals surface area contributed by atoms with E-state index in [1.165, 1.54) is 32.1 Å². The Morgan fingerprint density at radius 1 is 0.733 bits per heavy atom. The molecule has 4 aliphatic heterocycles. The summed E-state index contributed by atoms with van der Waals surface area (Å²) in [6.07, 6.45) is 12.1. The molecule has 4 saturated heterocycles. The van der Waals surface area contributed by atoms with Crippen LogP contribution in [-0.4, -0.2) is 170 Å². The Kier molecular flexibility index (Phi) is 9.48. The number of aliphatic carboxylic acids is 2. The average Bonchev–Trinajstić information content (AvgIpc) is 3.59. The molecule has 1 spiro atoms. The second-order valence-electron chi connectivity index (χ2n) is 15.0. The largest absolute Gasteiger partial charge is 0.482 e. The minimum atomic E-state index is -0.843. The average molecular weight is 637 g/mol. The summed E-state index contributed by atoms with van der Waals surface area (Å²) in [5, 5.41) is 20.1. The number of nitrogens with zero attached hydrogens (tertiary/aromatic N) is 4. The van der Waals surface area contributed by atoms with E-state index >= 15 is 0 Å². The zero-order valence-electron chi connectivity index (χ0n) is 27.3. The van der Waals surface area contributed by atoms with Gasteiger partial charge < -0.3 is 24.4 Å². The lowest BCUT2D eigenvalue weighted by molar-refractivity contribution is -1.36. The molecule has 0 amide bonds. The summed E-state index contributed by atoms with van der Waals surface area (Å²) in [7, 11) is 2.19. The number of rotatable bonds is 17. The molecule has 0 aromatic carbocycles. The first-order chi connectivity index (χ1) is 21.6. The standard InChI is InChI=1S/C33H54N4O8/c1-34-10-12-35(14-15-37(26-32(41)42)17-16-36(13-11-34,25-31(39)40)33(34,35)37)24-28(38)8-6-18-43-19-20-44-21-22-45-30-23-27-7-4-2-3-5-9-29(27)30/h2-3,27,29-30H,4-26H2,1H3/q+2/p+2/b3-2+/t27-,29-,30+,33?,34?,35?,36?,37?/m0/s1. The third kappa shape index (κ3) is 5.48. The molecular weight excluding hydrogens is 580 g/mol. The number of carboxylic acid groups (broad SMARTS) is 2. The highest BCUT2D eigenvalue weighted by molar-refractivity contribution is 5.79. The molecule has 0 aromatic heterocycles. The van der Waals surface area contributed by atoms with Gasteiger partial charge in [-0.05, 0) is 50.4 Å². The number of Topliss-reactive ketones (excluding diaryl/α,β-unsaturated/α-hetero) is 1. The van der Waals surface area contributed by atoms with Crippen LogP contribution in [0.5, 0.6) is 0 Å². The third-order valence-electron chi connectivity index (χ3n) is 12.8. The smallest absolute Gasteiger partial charge is 0.477 e. The van der Waals surface area contributed by atoms with Crippen LogP contribution in [0.3, 0.4) is 0 Å². The highest BCUT2D eigenvalue weighted by Crippen LogP contribution is 2.61. The Hall–Kier alpha value is -1.93. The van der Waals surface area contributed by atoms with Crippen molar-refractivity contribution >= 4 is 17.7 Å². The van der Waals surface area contributed by atoms with E-state index in [2.05, 4.69) is 19.2 Å². The van der Waals surface area contributed by atoms with Gasteiger partial charge in [0.15, 0.2) is 25.4 Å². The van der Waals surface area contributed by atoms with Gasteiger partial charge in [-0.25, -0.2) is 9.59 Å². The minimum Gasteiger partial charge on any atom is -0.477 e. The number of hydrogen-bond donors (Lipinski definition) is 2. The van der Waals surface area contributed by atoms with Crippen LogP contribution < -0.4 is 0 Å². The van der Waals surface area contributed by atoms with Gasteiger partial charge in [-0.1, -0.05) is 12.2 Å². The molecule has 6 rings (SSSR count). The van der Waals surface area contributed by atoms with E-state index in [0.29, 0.717) is 102 Å². The van der Waals surface area contributed by atoms with Crippen molar-refractivity contribution in [1.82, 2.24) is 0 Å². The fraction of sp³-hybridized carbons (Fsp3) is 0.848. The molecular formula is C33H56N4O8+4. The lowest BCUT2D eigenvalue weighted by Crippen LogP contribution is -2.85. The van der Waals surface area contributed by atoms with Gasteiger partial charge >= 0.3 is 17.8 Å².